The van der Waals surface area contributed by atoms with E-state index < -0.39 is 5.82 Å². The van der Waals surface area contributed by atoms with E-state index in [-0.39, 0.29) is 11.1 Å². The van der Waals surface area contributed by atoms with Crippen LogP contribution in [-0.2, 0) is 12.8 Å². The number of rotatable bonds is 4. The Hall–Kier alpha value is -0.900. The molecule has 2 N–H and O–H groups in total. The van der Waals surface area contributed by atoms with Crippen LogP contribution in [0.2, 0.25) is 5.02 Å². The SMILES string of the molecule is NC(Cc1ccc(Br)cc1)Cc1ccc(Cl)c(F)c1. The summed E-state index contributed by atoms with van der Waals surface area (Å²) in [5.74, 6) is -0.394. The molecule has 0 spiro atoms. The Balaban J connectivity index is 1.98. The molecule has 2 aromatic carbocycles. The van der Waals surface area contributed by atoms with E-state index in [1.54, 1.807) is 6.07 Å². The van der Waals surface area contributed by atoms with Crippen LogP contribution in [0.1, 0.15) is 11.1 Å². The number of hydrogen-bond donors (Lipinski definition) is 1. The number of hydrogen-bond acceptors (Lipinski definition) is 1. The van der Waals surface area contributed by atoms with Crippen molar-refractivity contribution in [3.05, 3.63) is 68.9 Å². The second-order valence-electron chi connectivity index (χ2n) is 4.54. The summed E-state index contributed by atoms with van der Waals surface area (Å²) in [5.41, 5.74) is 8.14. The smallest absolute Gasteiger partial charge is 0.142 e. The summed E-state index contributed by atoms with van der Waals surface area (Å²) in [7, 11) is 0. The normalized spacial score (nSPS) is 12.4. The molecule has 0 saturated carbocycles. The third-order valence-corrected chi connectivity index (χ3v) is 3.73. The summed E-state index contributed by atoms with van der Waals surface area (Å²) in [5, 5.41) is 0.144. The predicted molar refractivity (Wildman–Crippen MR) is 80.9 cm³/mol. The Morgan fingerprint density at radius 1 is 1.05 bits per heavy atom. The highest BCUT2D eigenvalue weighted by Crippen LogP contribution is 2.17. The van der Waals surface area contributed by atoms with Gasteiger partial charge in [0.05, 0.1) is 5.02 Å². The maximum absolute atomic E-state index is 13.3. The first kappa shape index (κ1) is 14.5. The van der Waals surface area contributed by atoms with Crippen molar-refractivity contribution < 1.29 is 4.39 Å². The highest BCUT2D eigenvalue weighted by Gasteiger charge is 2.08. The molecule has 2 aromatic rings. The Bertz CT molecular complexity index is 557. The molecule has 19 heavy (non-hydrogen) atoms. The molecule has 0 radical (unpaired) electrons. The quantitative estimate of drug-likeness (QED) is 0.878. The average molecular weight is 343 g/mol. The fraction of sp³-hybridized carbons (Fsp3) is 0.200. The monoisotopic (exact) mass is 341 g/mol. The van der Waals surface area contributed by atoms with E-state index in [0.29, 0.717) is 6.42 Å². The lowest BCUT2D eigenvalue weighted by Crippen LogP contribution is -2.25. The van der Waals surface area contributed by atoms with Crippen molar-refractivity contribution in [2.24, 2.45) is 5.73 Å². The van der Waals surface area contributed by atoms with E-state index >= 15 is 0 Å². The summed E-state index contributed by atoms with van der Waals surface area (Å²) in [6.45, 7) is 0. The van der Waals surface area contributed by atoms with Crippen molar-refractivity contribution in [2.45, 2.75) is 18.9 Å². The molecule has 1 unspecified atom stereocenters. The Morgan fingerprint density at radius 3 is 2.26 bits per heavy atom. The minimum Gasteiger partial charge on any atom is -0.327 e. The van der Waals surface area contributed by atoms with E-state index in [1.165, 1.54) is 11.6 Å². The van der Waals surface area contributed by atoms with Crippen molar-refractivity contribution in [1.29, 1.82) is 0 Å². The van der Waals surface area contributed by atoms with Crippen LogP contribution in [-0.4, -0.2) is 6.04 Å². The first-order chi connectivity index (χ1) is 9.04. The van der Waals surface area contributed by atoms with Gasteiger partial charge in [-0.15, -0.1) is 0 Å². The minimum absolute atomic E-state index is 0.0400. The molecular formula is C15H14BrClFN. The molecule has 100 valence electrons. The van der Waals surface area contributed by atoms with Gasteiger partial charge in [-0.3, -0.25) is 0 Å². The van der Waals surface area contributed by atoms with Crippen molar-refractivity contribution in [2.75, 3.05) is 0 Å². The van der Waals surface area contributed by atoms with Gasteiger partial charge in [0.25, 0.3) is 0 Å². The van der Waals surface area contributed by atoms with Crippen LogP contribution in [0.15, 0.2) is 46.9 Å². The zero-order valence-electron chi connectivity index (χ0n) is 10.2. The van der Waals surface area contributed by atoms with Crippen molar-refractivity contribution in [3.63, 3.8) is 0 Å². The van der Waals surface area contributed by atoms with Gasteiger partial charge < -0.3 is 5.73 Å². The zero-order valence-corrected chi connectivity index (χ0v) is 12.6. The van der Waals surface area contributed by atoms with E-state index in [1.807, 2.05) is 30.3 Å². The molecule has 0 heterocycles. The van der Waals surface area contributed by atoms with Crippen LogP contribution in [0.5, 0.6) is 0 Å². The Morgan fingerprint density at radius 2 is 1.63 bits per heavy atom. The van der Waals surface area contributed by atoms with Crippen LogP contribution < -0.4 is 5.73 Å². The number of nitrogens with two attached hydrogens (primary N) is 1. The second kappa shape index (κ2) is 6.51. The Labute approximate surface area is 125 Å². The van der Waals surface area contributed by atoms with Gasteiger partial charge in [0.15, 0.2) is 0 Å². The maximum atomic E-state index is 13.3. The van der Waals surface area contributed by atoms with E-state index in [2.05, 4.69) is 15.9 Å². The maximum Gasteiger partial charge on any atom is 0.142 e. The highest BCUT2D eigenvalue weighted by molar-refractivity contribution is 9.10. The van der Waals surface area contributed by atoms with E-state index in [4.69, 9.17) is 17.3 Å². The fourth-order valence-electron chi connectivity index (χ4n) is 1.96. The molecule has 0 bridgehead atoms. The molecule has 0 fully saturated rings. The molecule has 0 aliphatic rings. The standard InChI is InChI=1S/C15H14BrClFN/c16-12-4-1-10(2-5-12)7-13(19)8-11-3-6-14(17)15(18)9-11/h1-6,9,13H,7-8,19H2. The number of halogens is 3. The largest absolute Gasteiger partial charge is 0.327 e. The summed E-state index contributed by atoms with van der Waals surface area (Å²) in [4.78, 5) is 0. The molecule has 0 aliphatic heterocycles. The van der Waals surface area contributed by atoms with Gasteiger partial charge in [-0.2, -0.15) is 0 Å². The van der Waals surface area contributed by atoms with Crippen LogP contribution in [0.3, 0.4) is 0 Å². The lowest BCUT2D eigenvalue weighted by Gasteiger charge is -2.12. The van der Waals surface area contributed by atoms with Gasteiger partial charge in [0.2, 0.25) is 0 Å². The molecule has 0 amide bonds. The molecule has 4 heteroatoms. The van der Waals surface area contributed by atoms with Gasteiger partial charge in [0.1, 0.15) is 5.82 Å². The van der Waals surface area contributed by atoms with Gasteiger partial charge in [-0.1, -0.05) is 45.7 Å². The van der Waals surface area contributed by atoms with Gasteiger partial charge >= 0.3 is 0 Å². The predicted octanol–water partition coefficient (Wildman–Crippen LogP) is 4.35. The summed E-state index contributed by atoms with van der Waals surface area (Å²) in [6.07, 6.45) is 1.39. The van der Waals surface area contributed by atoms with Gasteiger partial charge in [-0.25, -0.2) is 4.39 Å². The van der Waals surface area contributed by atoms with Crippen molar-refractivity contribution in [1.82, 2.24) is 0 Å². The molecule has 0 saturated heterocycles. The van der Waals surface area contributed by atoms with Crippen molar-refractivity contribution in [3.8, 4) is 0 Å². The fourth-order valence-corrected chi connectivity index (χ4v) is 2.35. The summed E-state index contributed by atoms with van der Waals surface area (Å²) in [6, 6.07) is 12.8. The van der Waals surface area contributed by atoms with Crippen molar-refractivity contribution >= 4 is 27.5 Å². The summed E-state index contributed by atoms with van der Waals surface area (Å²) >= 11 is 9.05. The molecular weight excluding hydrogens is 329 g/mol. The molecule has 1 atom stereocenters. The highest BCUT2D eigenvalue weighted by atomic mass is 79.9. The molecule has 1 nitrogen and oxygen atoms in total. The zero-order chi connectivity index (χ0) is 13.8. The van der Waals surface area contributed by atoms with E-state index in [0.717, 1.165) is 16.5 Å². The second-order valence-corrected chi connectivity index (χ2v) is 5.87. The third kappa shape index (κ3) is 4.30. The molecule has 0 aromatic heterocycles. The molecule has 0 aliphatic carbocycles. The molecule has 2 rings (SSSR count). The lowest BCUT2D eigenvalue weighted by molar-refractivity contribution is 0.618. The Kier molecular flexibility index (Phi) is 4.97. The van der Waals surface area contributed by atoms with Crippen LogP contribution in [0, 0.1) is 5.82 Å². The first-order valence-corrected chi connectivity index (χ1v) is 7.15. The third-order valence-electron chi connectivity index (χ3n) is 2.89. The average Bonchev–Trinajstić information content (AvgIpc) is 2.37. The topological polar surface area (TPSA) is 26.0 Å². The van der Waals surface area contributed by atoms with Crippen LogP contribution in [0.4, 0.5) is 4.39 Å². The number of benzene rings is 2. The first-order valence-electron chi connectivity index (χ1n) is 5.98. The summed E-state index contributed by atoms with van der Waals surface area (Å²) < 4.78 is 14.4. The van der Waals surface area contributed by atoms with Crippen LogP contribution in [0.25, 0.3) is 0 Å². The minimum atomic E-state index is -0.394. The van der Waals surface area contributed by atoms with E-state index in [9.17, 15) is 4.39 Å². The van der Waals surface area contributed by atoms with Gasteiger partial charge in [-0.05, 0) is 48.2 Å². The van der Waals surface area contributed by atoms with Gasteiger partial charge in [0, 0.05) is 10.5 Å². The van der Waals surface area contributed by atoms with Crippen LogP contribution >= 0.6 is 27.5 Å². The lowest BCUT2D eigenvalue weighted by atomic mass is 10.00.